The number of carbonyl (C=O) groups is 1. The summed E-state index contributed by atoms with van der Waals surface area (Å²) >= 11 is 0. The van der Waals surface area contributed by atoms with E-state index in [-0.39, 0.29) is 11.4 Å². The molecular formula is C12H9F3N2O3. The molecule has 0 radical (unpaired) electrons. The minimum atomic E-state index is -4.92. The lowest BCUT2D eigenvalue weighted by atomic mass is 10.2. The molecule has 8 heteroatoms. The number of hydrogen-bond donors (Lipinski definition) is 2. The van der Waals surface area contributed by atoms with Gasteiger partial charge in [-0.1, -0.05) is 12.1 Å². The van der Waals surface area contributed by atoms with Gasteiger partial charge >= 0.3 is 12.1 Å². The third kappa shape index (κ3) is 2.20. The van der Waals surface area contributed by atoms with Gasteiger partial charge in [-0.15, -0.1) is 0 Å². The molecule has 2 N–H and O–H groups in total. The minimum Gasteiger partial charge on any atom is -0.506 e. The molecule has 1 aromatic carbocycles. The Balaban J connectivity index is 2.82. The molecular weight excluding hydrogens is 277 g/mol. The number of aromatic hydroxyl groups is 1. The molecule has 20 heavy (non-hydrogen) atoms. The smallest absolute Gasteiger partial charge is 0.434 e. The Bertz CT molecular complexity index is 677. The van der Waals surface area contributed by atoms with Crippen LogP contribution in [0.2, 0.25) is 0 Å². The van der Waals surface area contributed by atoms with E-state index in [0.717, 1.165) is 6.92 Å². The van der Waals surface area contributed by atoms with Gasteiger partial charge in [0.2, 0.25) is 0 Å². The highest BCUT2D eigenvalue weighted by atomic mass is 19.4. The van der Waals surface area contributed by atoms with E-state index in [1.54, 1.807) is 0 Å². The zero-order valence-corrected chi connectivity index (χ0v) is 10.1. The van der Waals surface area contributed by atoms with Gasteiger partial charge < -0.3 is 10.2 Å². The molecule has 1 aromatic heterocycles. The van der Waals surface area contributed by atoms with Crippen molar-refractivity contribution in [2.24, 2.45) is 0 Å². The second-order valence-corrected chi connectivity index (χ2v) is 4.01. The summed E-state index contributed by atoms with van der Waals surface area (Å²) in [5.74, 6) is -2.16. The number of carboxylic acid groups (broad SMARTS) is 1. The van der Waals surface area contributed by atoms with Crippen LogP contribution in [0, 0.1) is 6.92 Å². The lowest BCUT2D eigenvalue weighted by Gasteiger charge is -2.12. The predicted molar refractivity (Wildman–Crippen MR) is 61.9 cm³/mol. The van der Waals surface area contributed by atoms with Crippen LogP contribution in [0.15, 0.2) is 24.3 Å². The third-order valence-corrected chi connectivity index (χ3v) is 2.65. The highest BCUT2D eigenvalue weighted by Gasteiger charge is 2.42. The van der Waals surface area contributed by atoms with E-state index in [2.05, 4.69) is 5.10 Å². The van der Waals surface area contributed by atoms with E-state index in [4.69, 9.17) is 5.11 Å². The Hall–Kier alpha value is -2.51. The summed E-state index contributed by atoms with van der Waals surface area (Å²) in [4.78, 5) is 11.0. The van der Waals surface area contributed by atoms with Gasteiger partial charge in [-0.3, -0.25) is 0 Å². The molecule has 106 valence electrons. The molecule has 0 aliphatic carbocycles. The largest absolute Gasteiger partial charge is 0.506 e. The van der Waals surface area contributed by atoms with Gasteiger partial charge in [0.1, 0.15) is 17.0 Å². The van der Waals surface area contributed by atoms with E-state index < -0.39 is 29.2 Å². The van der Waals surface area contributed by atoms with Gasteiger partial charge in [0.05, 0.1) is 5.69 Å². The Morgan fingerprint density at radius 2 is 1.90 bits per heavy atom. The van der Waals surface area contributed by atoms with Crippen molar-refractivity contribution in [3.63, 3.8) is 0 Å². The van der Waals surface area contributed by atoms with E-state index in [9.17, 15) is 23.1 Å². The van der Waals surface area contributed by atoms with Gasteiger partial charge in [-0.25, -0.2) is 9.48 Å². The number of hydrogen-bond acceptors (Lipinski definition) is 3. The first-order valence-corrected chi connectivity index (χ1v) is 5.42. The van der Waals surface area contributed by atoms with Gasteiger partial charge in [-0.2, -0.15) is 18.3 Å². The second-order valence-electron chi connectivity index (χ2n) is 4.01. The maximum atomic E-state index is 13.1. The summed E-state index contributed by atoms with van der Waals surface area (Å²) < 4.78 is 39.7. The van der Waals surface area contributed by atoms with E-state index >= 15 is 0 Å². The molecule has 0 spiro atoms. The number of phenols is 1. The van der Waals surface area contributed by atoms with Crippen molar-refractivity contribution in [1.29, 1.82) is 0 Å². The maximum Gasteiger partial charge on any atom is 0.434 e. The summed E-state index contributed by atoms with van der Waals surface area (Å²) in [5.41, 5.74) is -2.88. The molecule has 0 fully saturated rings. The van der Waals surface area contributed by atoms with Gasteiger partial charge in [-0.05, 0) is 19.1 Å². The van der Waals surface area contributed by atoms with E-state index in [1.807, 2.05) is 0 Å². The standard InChI is InChI=1S/C12H9F3N2O3/c1-6-9(11(19)20)10(12(13,14)15)17(16-6)7-4-2-3-5-8(7)18/h2-5,18H,1H3,(H,19,20). The number of nitrogens with zero attached hydrogens (tertiary/aromatic N) is 2. The lowest BCUT2D eigenvalue weighted by Crippen LogP contribution is -2.17. The van der Waals surface area contributed by atoms with Crippen molar-refractivity contribution in [3.05, 3.63) is 41.2 Å². The molecule has 2 aromatic rings. The molecule has 0 amide bonds. The van der Waals surface area contributed by atoms with Crippen LogP contribution in [0.3, 0.4) is 0 Å². The minimum absolute atomic E-state index is 0.240. The van der Waals surface area contributed by atoms with Crippen molar-refractivity contribution in [3.8, 4) is 11.4 Å². The highest BCUT2D eigenvalue weighted by Crippen LogP contribution is 2.36. The second kappa shape index (κ2) is 4.55. The molecule has 5 nitrogen and oxygen atoms in total. The molecule has 0 atom stereocenters. The van der Waals surface area contributed by atoms with Crippen LogP contribution in [0.4, 0.5) is 13.2 Å². The summed E-state index contributed by atoms with van der Waals surface area (Å²) in [6.07, 6.45) is -4.92. The number of aromatic nitrogens is 2. The fourth-order valence-corrected chi connectivity index (χ4v) is 1.86. The first-order chi connectivity index (χ1) is 9.23. The monoisotopic (exact) mass is 286 g/mol. The fraction of sp³-hybridized carbons (Fsp3) is 0.167. The van der Waals surface area contributed by atoms with Crippen LogP contribution in [-0.4, -0.2) is 26.0 Å². The van der Waals surface area contributed by atoms with Crippen molar-refractivity contribution >= 4 is 5.97 Å². The Kier molecular flexibility index (Phi) is 3.16. The number of benzene rings is 1. The maximum absolute atomic E-state index is 13.1. The first-order valence-electron chi connectivity index (χ1n) is 5.42. The van der Waals surface area contributed by atoms with Crippen LogP contribution in [-0.2, 0) is 6.18 Å². The normalized spacial score (nSPS) is 11.6. The Morgan fingerprint density at radius 3 is 2.40 bits per heavy atom. The van der Waals surface area contributed by atoms with Crippen LogP contribution in [0.5, 0.6) is 5.75 Å². The highest BCUT2D eigenvalue weighted by molar-refractivity contribution is 5.90. The molecule has 0 aliphatic heterocycles. The topological polar surface area (TPSA) is 75.3 Å². The molecule has 0 aliphatic rings. The quantitative estimate of drug-likeness (QED) is 0.889. The van der Waals surface area contributed by atoms with Crippen molar-refractivity contribution < 1.29 is 28.2 Å². The zero-order valence-electron chi connectivity index (χ0n) is 10.1. The average molecular weight is 286 g/mol. The van der Waals surface area contributed by atoms with Crippen LogP contribution >= 0.6 is 0 Å². The van der Waals surface area contributed by atoms with Crippen molar-refractivity contribution in [2.45, 2.75) is 13.1 Å². The molecule has 0 unspecified atom stereocenters. The van der Waals surface area contributed by atoms with E-state index in [1.165, 1.54) is 24.3 Å². The number of aryl methyl sites for hydroxylation is 1. The Morgan fingerprint density at radius 1 is 1.30 bits per heavy atom. The van der Waals surface area contributed by atoms with Crippen LogP contribution in [0.25, 0.3) is 5.69 Å². The summed E-state index contributed by atoms with van der Waals surface area (Å²) in [5, 5.41) is 22.1. The van der Waals surface area contributed by atoms with Gasteiger partial charge in [0.25, 0.3) is 0 Å². The van der Waals surface area contributed by atoms with E-state index in [0.29, 0.717) is 4.68 Å². The summed E-state index contributed by atoms with van der Waals surface area (Å²) in [6, 6.07) is 5.24. The van der Waals surface area contributed by atoms with Gasteiger partial charge in [0, 0.05) is 0 Å². The molecule has 0 saturated heterocycles. The van der Waals surface area contributed by atoms with Crippen molar-refractivity contribution in [2.75, 3.05) is 0 Å². The number of para-hydroxylation sites is 2. The predicted octanol–water partition coefficient (Wildman–Crippen LogP) is 2.60. The number of rotatable bonds is 2. The number of halogens is 3. The molecule has 2 rings (SSSR count). The zero-order chi connectivity index (χ0) is 15.1. The van der Waals surface area contributed by atoms with Gasteiger partial charge in [0.15, 0.2) is 5.69 Å². The first kappa shape index (κ1) is 13.9. The fourth-order valence-electron chi connectivity index (χ4n) is 1.86. The summed E-state index contributed by atoms with van der Waals surface area (Å²) in [7, 11) is 0. The number of carboxylic acids is 1. The molecule has 1 heterocycles. The summed E-state index contributed by atoms with van der Waals surface area (Å²) in [6.45, 7) is 1.16. The third-order valence-electron chi connectivity index (χ3n) is 2.65. The SMILES string of the molecule is Cc1nn(-c2ccccc2O)c(C(F)(F)F)c1C(=O)O. The molecule has 0 saturated carbocycles. The number of phenolic OH excluding ortho intramolecular Hbond substituents is 1. The van der Waals surface area contributed by atoms with Crippen LogP contribution < -0.4 is 0 Å². The number of aromatic carboxylic acids is 1. The Labute approximate surface area is 110 Å². The van der Waals surface area contributed by atoms with Crippen molar-refractivity contribution in [1.82, 2.24) is 9.78 Å². The van der Waals surface area contributed by atoms with Crippen LogP contribution in [0.1, 0.15) is 21.7 Å². The average Bonchev–Trinajstić information content (AvgIpc) is 2.67. The number of alkyl halides is 3. The lowest BCUT2D eigenvalue weighted by molar-refractivity contribution is -0.143. The molecule has 0 bridgehead atoms.